The fourth-order valence-corrected chi connectivity index (χ4v) is 2.25. The van der Waals surface area contributed by atoms with Crippen LogP contribution in [0.4, 0.5) is 0 Å². The molecule has 5 nitrogen and oxygen atoms in total. The standard InChI is InChI=1S/C9H18N2O3S/c1-6-8(12)10-9(2,3)7-15(13,14)11(4)5/h6H,1,7H2,2-5H3,(H,10,12). The van der Waals surface area contributed by atoms with E-state index in [0.29, 0.717) is 0 Å². The summed E-state index contributed by atoms with van der Waals surface area (Å²) in [6.45, 7) is 6.60. The summed E-state index contributed by atoms with van der Waals surface area (Å²) in [5, 5.41) is 2.55. The van der Waals surface area contributed by atoms with Gasteiger partial charge in [-0.2, -0.15) is 0 Å². The molecule has 0 atom stereocenters. The molecule has 0 heterocycles. The molecule has 1 N–H and O–H groups in total. The fourth-order valence-electron chi connectivity index (χ4n) is 1.01. The first kappa shape index (κ1) is 14.1. The number of hydrogen-bond donors (Lipinski definition) is 1. The Kier molecular flexibility index (Phi) is 4.48. The second-order valence-electron chi connectivity index (χ2n) is 4.12. The summed E-state index contributed by atoms with van der Waals surface area (Å²) in [6.07, 6.45) is 1.12. The molecule has 0 aliphatic carbocycles. The van der Waals surface area contributed by atoms with Gasteiger partial charge in [0.15, 0.2) is 0 Å². The minimum atomic E-state index is -3.33. The molecule has 0 saturated carbocycles. The minimum absolute atomic E-state index is 0.146. The van der Waals surface area contributed by atoms with Gasteiger partial charge in [0.05, 0.1) is 5.75 Å². The van der Waals surface area contributed by atoms with Gasteiger partial charge in [0.1, 0.15) is 0 Å². The van der Waals surface area contributed by atoms with Gasteiger partial charge in [0.25, 0.3) is 0 Å². The first-order valence-electron chi connectivity index (χ1n) is 4.45. The van der Waals surface area contributed by atoms with Crippen molar-refractivity contribution in [3.8, 4) is 0 Å². The molecule has 0 unspecified atom stereocenters. The van der Waals surface area contributed by atoms with E-state index in [0.717, 1.165) is 10.4 Å². The van der Waals surface area contributed by atoms with Crippen molar-refractivity contribution in [3.63, 3.8) is 0 Å². The van der Waals surface area contributed by atoms with E-state index in [1.165, 1.54) is 14.1 Å². The lowest BCUT2D eigenvalue weighted by molar-refractivity contribution is -0.117. The van der Waals surface area contributed by atoms with Gasteiger partial charge in [-0.25, -0.2) is 12.7 Å². The van der Waals surface area contributed by atoms with Gasteiger partial charge >= 0.3 is 0 Å². The van der Waals surface area contributed by atoms with E-state index in [1.54, 1.807) is 13.8 Å². The molecule has 0 saturated heterocycles. The summed E-state index contributed by atoms with van der Waals surface area (Å²) >= 11 is 0. The highest BCUT2D eigenvalue weighted by Crippen LogP contribution is 2.08. The third-order valence-electron chi connectivity index (χ3n) is 1.75. The van der Waals surface area contributed by atoms with Crippen LogP contribution in [0.2, 0.25) is 0 Å². The monoisotopic (exact) mass is 234 g/mol. The molecule has 88 valence electrons. The zero-order valence-electron chi connectivity index (χ0n) is 9.57. The molecule has 15 heavy (non-hydrogen) atoms. The largest absolute Gasteiger partial charge is 0.347 e. The van der Waals surface area contributed by atoms with Crippen molar-refractivity contribution in [2.24, 2.45) is 0 Å². The topological polar surface area (TPSA) is 66.5 Å². The lowest BCUT2D eigenvalue weighted by Crippen LogP contribution is -2.49. The Balaban J connectivity index is 4.65. The third-order valence-corrected chi connectivity index (χ3v) is 3.95. The number of hydrogen-bond acceptors (Lipinski definition) is 3. The van der Waals surface area contributed by atoms with Gasteiger partial charge in [0, 0.05) is 19.6 Å². The molecule has 0 rings (SSSR count). The number of carbonyl (C=O) groups is 1. The average Bonchev–Trinajstić information content (AvgIpc) is 2.00. The van der Waals surface area contributed by atoms with Gasteiger partial charge in [0.2, 0.25) is 15.9 Å². The second-order valence-corrected chi connectivity index (χ2v) is 6.30. The summed E-state index contributed by atoms with van der Waals surface area (Å²) < 4.78 is 24.3. The van der Waals surface area contributed by atoms with Crippen LogP contribution >= 0.6 is 0 Å². The second kappa shape index (κ2) is 4.76. The predicted octanol–water partition coefficient (Wildman–Crippen LogP) is -0.0414. The van der Waals surface area contributed by atoms with E-state index in [2.05, 4.69) is 11.9 Å². The Morgan fingerprint density at radius 3 is 2.27 bits per heavy atom. The maximum absolute atomic E-state index is 11.6. The maximum atomic E-state index is 11.6. The Morgan fingerprint density at radius 1 is 1.47 bits per heavy atom. The van der Waals surface area contributed by atoms with Crippen LogP contribution in [0.15, 0.2) is 12.7 Å². The van der Waals surface area contributed by atoms with Crippen LogP contribution in [0.25, 0.3) is 0 Å². The molecule has 0 aromatic rings. The smallest absolute Gasteiger partial charge is 0.243 e. The summed E-state index contributed by atoms with van der Waals surface area (Å²) in [5.74, 6) is -0.527. The van der Waals surface area contributed by atoms with Gasteiger partial charge < -0.3 is 5.32 Å². The lowest BCUT2D eigenvalue weighted by atomic mass is 10.1. The van der Waals surface area contributed by atoms with Gasteiger partial charge in [-0.05, 0) is 19.9 Å². The molecule has 6 heteroatoms. The van der Waals surface area contributed by atoms with Gasteiger partial charge in [-0.3, -0.25) is 4.79 Å². The van der Waals surface area contributed by atoms with Crippen LogP contribution < -0.4 is 5.32 Å². The molecular weight excluding hydrogens is 216 g/mol. The van der Waals surface area contributed by atoms with Gasteiger partial charge in [-0.1, -0.05) is 6.58 Å². The van der Waals surface area contributed by atoms with E-state index >= 15 is 0 Å². The van der Waals surface area contributed by atoms with E-state index < -0.39 is 15.6 Å². The summed E-state index contributed by atoms with van der Waals surface area (Å²) in [4.78, 5) is 11.0. The van der Waals surface area contributed by atoms with Crippen LogP contribution in [0.3, 0.4) is 0 Å². The Hall–Kier alpha value is -0.880. The number of amides is 1. The van der Waals surface area contributed by atoms with Crippen molar-refractivity contribution < 1.29 is 13.2 Å². The first-order chi connectivity index (χ1) is 6.60. The van der Waals surface area contributed by atoms with E-state index in [1.807, 2.05) is 0 Å². The molecular formula is C9H18N2O3S. The number of nitrogens with one attached hydrogen (secondary N) is 1. The molecule has 0 aromatic carbocycles. The number of nitrogens with zero attached hydrogens (tertiary/aromatic N) is 1. The van der Waals surface area contributed by atoms with Crippen LogP contribution in [0.1, 0.15) is 13.8 Å². The van der Waals surface area contributed by atoms with Crippen molar-refractivity contribution >= 4 is 15.9 Å². The molecule has 0 aliphatic heterocycles. The van der Waals surface area contributed by atoms with E-state index in [4.69, 9.17) is 0 Å². The number of rotatable bonds is 5. The molecule has 0 bridgehead atoms. The maximum Gasteiger partial charge on any atom is 0.243 e. The highest BCUT2D eigenvalue weighted by Gasteiger charge is 2.28. The Morgan fingerprint density at radius 2 is 1.93 bits per heavy atom. The quantitative estimate of drug-likeness (QED) is 0.679. The number of sulfonamides is 1. The molecule has 0 aromatic heterocycles. The Labute approximate surface area is 91.2 Å². The average molecular weight is 234 g/mol. The van der Waals surface area contributed by atoms with E-state index in [-0.39, 0.29) is 11.7 Å². The van der Waals surface area contributed by atoms with Crippen molar-refractivity contribution in [3.05, 3.63) is 12.7 Å². The van der Waals surface area contributed by atoms with Crippen molar-refractivity contribution in [2.75, 3.05) is 19.8 Å². The third kappa shape index (κ3) is 4.94. The van der Waals surface area contributed by atoms with Crippen LogP contribution in [-0.4, -0.2) is 44.0 Å². The Bertz CT molecular complexity index is 344. The van der Waals surface area contributed by atoms with Crippen LogP contribution in [0.5, 0.6) is 0 Å². The minimum Gasteiger partial charge on any atom is -0.347 e. The molecule has 0 fully saturated rings. The number of carbonyl (C=O) groups excluding carboxylic acids is 1. The summed E-state index contributed by atoms with van der Waals surface area (Å²) in [7, 11) is -0.407. The summed E-state index contributed by atoms with van der Waals surface area (Å²) in [6, 6.07) is 0. The highest BCUT2D eigenvalue weighted by atomic mass is 32.2. The van der Waals surface area contributed by atoms with Gasteiger partial charge in [-0.15, -0.1) is 0 Å². The lowest BCUT2D eigenvalue weighted by Gasteiger charge is -2.26. The highest BCUT2D eigenvalue weighted by molar-refractivity contribution is 7.89. The molecule has 1 amide bonds. The first-order valence-corrected chi connectivity index (χ1v) is 6.06. The SMILES string of the molecule is C=CC(=O)NC(C)(C)CS(=O)(=O)N(C)C. The zero-order chi connectivity index (χ0) is 12.3. The fraction of sp³-hybridized carbons (Fsp3) is 0.667. The van der Waals surface area contributed by atoms with Crippen molar-refractivity contribution in [2.45, 2.75) is 19.4 Å². The molecule has 0 aliphatic rings. The molecule has 0 spiro atoms. The zero-order valence-corrected chi connectivity index (χ0v) is 10.4. The van der Waals surface area contributed by atoms with Crippen LogP contribution in [-0.2, 0) is 14.8 Å². The van der Waals surface area contributed by atoms with Crippen molar-refractivity contribution in [1.82, 2.24) is 9.62 Å². The molecule has 0 radical (unpaired) electrons. The van der Waals surface area contributed by atoms with E-state index in [9.17, 15) is 13.2 Å². The normalized spacial score (nSPS) is 12.6. The summed E-state index contributed by atoms with van der Waals surface area (Å²) in [5.41, 5.74) is -0.811. The van der Waals surface area contributed by atoms with Crippen molar-refractivity contribution in [1.29, 1.82) is 0 Å². The predicted molar refractivity (Wildman–Crippen MR) is 59.9 cm³/mol. The van der Waals surface area contributed by atoms with Crippen LogP contribution in [0, 0.1) is 0 Å².